The number of nitrogens with zero attached hydrogens (tertiary/aromatic N) is 2. The highest BCUT2D eigenvalue weighted by molar-refractivity contribution is 5.21. The zero-order chi connectivity index (χ0) is 13.9. The van der Waals surface area contributed by atoms with Crippen molar-refractivity contribution in [3.05, 3.63) is 23.3 Å². The maximum absolute atomic E-state index is 6.06. The summed E-state index contributed by atoms with van der Waals surface area (Å²) in [7, 11) is 0. The Bertz CT molecular complexity index is 420. The van der Waals surface area contributed by atoms with Crippen molar-refractivity contribution < 1.29 is 4.74 Å². The summed E-state index contributed by atoms with van der Waals surface area (Å²) < 4.78 is 6.06. The van der Waals surface area contributed by atoms with Crippen molar-refractivity contribution >= 4 is 0 Å². The fourth-order valence-electron chi connectivity index (χ4n) is 2.97. The zero-order valence-electron chi connectivity index (χ0n) is 12.3. The van der Waals surface area contributed by atoms with Crippen molar-refractivity contribution in [3.63, 3.8) is 0 Å². The molecule has 1 saturated carbocycles. The van der Waals surface area contributed by atoms with Crippen molar-refractivity contribution in [2.75, 3.05) is 6.61 Å². The highest BCUT2D eigenvalue weighted by Gasteiger charge is 2.37. The number of ether oxygens (including phenoxy) is 1. The van der Waals surface area contributed by atoms with E-state index in [1.165, 1.54) is 19.3 Å². The molecule has 1 aromatic rings. The Kier molecular flexibility index (Phi) is 4.53. The summed E-state index contributed by atoms with van der Waals surface area (Å²) in [4.78, 5) is 9.25. The van der Waals surface area contributed by atoms with Crippen LogP contribution in [-0.2, 0) is 10.3 Å². The van der Waals surface area contributed by atoms with Crippen LogP contribution in [0.15, 0.2) is 6.20 Å². The maximum atomic E-state index is 6.06. The maximum Gasteiger partial charge on any atom is 0.160 e. The third kappa shape index (κ3) is 2.95. The molecule has 4 nitrogen and oxygen atoms in total. The van der Waals surface area contributed by atoms with Crippen molar-refractivity contribution in [1.29, 1.82) is 0 Å². The molecule has 2 N–H and O–H groups in total. The van der Waals surface area contributed by atoms with E-state index in [2.05, 4.69) is 4.98 Å². The first kappa shape index (κ1) is 14.4. The Hall–Kier alpha value is -1.00. The molecule has 4 heteroatoms. The van der Waals surface area contributed by atoms with Crippen LogP contribution in [0, 0.1) is 6.92 Å². The molecular formula is C15H25N3O. The van der Waals surface area contributed by atoms with Crippen LogP contribution in [0.2, 0.25) is 0 Å². The van der Waals surface area contributed by atoms with E-state index in [1.54, 1.807) is 0 Å². The summed E-state index contributed by atoms with van der Waals surface area (Å²) in [5.41, 5.74) is 7.65. The van der Waals surface area contributed by atoms with Crippen molar-refractivity contribution in [1.82, 2.24) is 9.97 Å². The van der Waals surface area contributed by atoms with Crippen LogP contribution in [0.5, 0.6) is 0 Å². The van der Waals surface area contributed by atoms with Gasteiger partial charge in [-0.3, -0.25) is 0 Å². The Morgan fingerprint density at radius 1 is 1.37 bits per heavy atom. The number of nitrogens with two attached hydrogens (primary N) is 1. The minimum atomic E-state index is -0.270. The predicted molar refractivity (Wildman–Crippen MR) is 75.8 cm³/mol. The van der Waals surface area contributed by atoms with Gasteiger partial charge in [-0.1, -0.05) is 19.3 Å². The van der Waals surface area contributed by atoms with Crippen LogP contribution >= 0.6 is 0 Å². The number of rotatable bonds is 4. The molecule has 0 unspecified atom stereocenters. The van der Waals surface area contributed by atoms with E-state index >= 15 is 0 Å². The summed E-state index contributed by atoms with van der Waals surface area (Å²) in [5, 5.41) is 0. The van der Waals surface area contributed by atoms with E-state index in [0.717, 1.165) is 29.9 Å². The van der Waals surface area contributed by atoms with Crippen molar-refractivity contribution in [2.45, 2.75) is 64.5 Å². The molecule has 0 radical (unpaired) electrons. The average molecular weight is 263 g/mol. The van der Waals surface area contributed by atoms with Gasteiger partial charge in [-0.2, -0.15) is 0 Å². The number of aryl methyl sites for hydroxylation is 1. The second-order valence-corrected chi connectivity index (χ2v) is 5.51. The normalized spacial score (nSPS) is 20.2. The van der Waals surface area contributed by atoms with Crippen LogP contribution in [0.4, 0.5) is 0 Å². The molecule has 1 aliphatic carbocycles. The summed E-state index contributed by atoms with van der Waals surface area (Å²) in [5.74, 6) is 0.843. The van der Waals surface area contributed by atoms with E-state index in [0.29, 0.717) is 6.61 Å². The van der Waals surface area contributed by atoms with Crippen LogP contribution in [0.1, 0.15) is 69.1 Å². The Balaban J connectivity index is 2.34. The number of hydrogen-bond donors (Lipinski definition) is 1. The summed E-state index contributed by atoms with van der Waals surface area (Å²) in [6.45, 7) is 6.72. The van der Waals surface area contributed by atoms with Crippen LogP contribution in [0.25, 0.3) is 0 Å². The fraction of sp³-hybridized carbons (Fsp3) is 0.733. The molecule has 1 heterocycles. The molecule has 1 atom stereocenters. The van der Waals surface area contributed by atoms with E-state index in [-0.39, 0.29) is 11.6 Å². The molecule has 1 aromatic heterocycles. The van der Waals surface area contributed by atoms with Crippen molar-refractivity contribution in [2.24, 2.45) is 5.73 Å². The molecule has 0 amide bonds. The van der Waals surface area contributed by atoms with Gasteiger partial charge >= 0.3 is 0 Å². The third-order valence-corrected chi connectivity index (χ3v) is 4.00. The monoisotopic (exact) mass is 263 g/mol. The highest BCUT2D eigenvalue weighted by atomic mass is 16.5. The van der Waals surface area contributed by atoms with Crippen LogP contribution in [0.3, 0.4) is 0 Å². The summed E-state index contributed by atoms with van der Waals surface area (Å²) in [6.07, 6.45) is 7.59. The van der Waals surface area contributed by atoms with Gasteiger partial charge in [0, 0.05) is 30.1 Å². The minimum absolute atomic E-state index is 0.0246. The van der Waals surface area contributed by atoms with E-state index in [1.807, 2.05) is 27.0 Å². The SMILES string of the molecule is CCOC1(c2ncc([C@H](C)N)c(C)n2)CCCCC1. The van der Waals surface area contributed by atoms with Gasteiger partial charge in [-0.15, -0.1) is 0 Å². The molecule has 0 aliphatic heterocycles. The molecule has 0 aromatic carbocycles. The lowest BCUT2D eigenvalue weighted by Gasteiger charge is -2.35. The van der Waals surface area contributed by atoms with Gasteiger partial charge in [0.15, 0.2) is 5.82 Å². The Labute approximate surface area is 115 Å². The molecule has 0 bridgehead atoms. The molecule has 19 heavy (non-hydrogen) atoms. The zero-order valence-corrected chi connectivity index (χ0v) is 12.3. The van der Waals surface area contributed by atoms with Gasteiger partial charge in [0.1, 0.15) is 5.60 Å². The first-order chi connectivity index (χ1) is 9.09. The lowest BCUT2D eigenvalue weighted by atomic mass is 9.83. The Morgan fingerprint density at radius 2 is 2.05 bits per heavy atom. The standard InChI is InChI=1S/C15H25N3O/c1-4-19-15(8-6-5-7-9-15)14-17-10-13(11(2)16)12(3)18-14/h10-11H,4-9,16H2,1-3H3/t11-/m0/s1. The van der Waals surface area contributed by atoms with Crippen molar-refractivity contribution in [3.8, 4) is 0 Å². The second kappa shape index (κ2) is 5.97. The molecule has 0 spiro atoms. The van der Waals surface area contributed by atoms with Gasteiger partial charge in [0.25, 0.3) is 0 Å². The predicted octanol–water partition coefficient (Wildman–Crippen LogP) is 3.00. The summed E-state index contributed by atoms with van der Waals surface area (Å²) in [6, 6.07) is -0.0246. The summed E-state index contributed by atoms with van der Waals surface area (Å²) >= 11 is 0. The lowest BCUT2D eigenvalue weighted by Crippen LogP contribution is -2.35. The van der Waals surface area contributed by atoms with Gasteiger partial charge in [0.2, 0.25) is 0 Å². The largest absolute Gasteiger partial charge is 0.367 e. The molecular weight excluding hydrogens is 238 g/mol. The van der Waals surface area contributed by atoms with Gasteiger partial charge in [0.05, 0.1) is 0 Å². The first-order valence-corrected chi connectivity index (χ1v) is 7.32. The minimum Gasteiger partial charge on any atom is -0.367 e. The van der Waals surface area contributed by atoms with Crippen LogP contribution < -0.4 is 5.73 Å². The third-order valence-electron chi connectivity index (χ3n) is 4.00. The lowest BCUT2D eigenvalue weighted by molar-refractivity contribution is -0.0768. The van der Waals surface area contributed by atoms with E-state index in [4.69, 9.17) is 15.5 Å². The molecule has 106 valence electrons. The second-order valence-electron chi connectivity index (χ2n) is 5.51. The number of hydrogen-bond acceptors (Lipinski definition) is 4. The van der Waals surface area contributed by atoms with E-state index in [9.17, 15) is 0 Å². The molecule has 1 fully saturated rings. The molecule has 1 aliphatic rings. The molecule has 2 rings (SSSR count). The first-order valence-electron chi connectivity index (χ1n) is 7.32. The fourth-order valence-corrected chi connectivity index (χ4v) is 2.97. The Morgan fingerprint density at radius 3 is 2.58 bits per heavy atom. The topological polar surface area (TPSA) is 61.0 Å². The van der Waals surface area contributed by atoms with Gasteiger partial charge < -0.3 is 10.5 Å². The van der Waals surface area contributed by atoms with Gasteiger partial charge in [-0.25, -0.2) is 9.97 Å². The highest BCUT2D eigenvalue weighted by Crippen LogP contribution is 2.39. The quantitative estimate of drug-likeness (QED) is 0.907. The van der Waals surface area contributed by atoms with E-state index < -0.39 is 0 Å². The van der Waals surface area contributed by atoms with Gasteiger partial charge in [-0.05, 0) is 33.6 Å². The number of aromatic nitrogens is 2. The smallest absolute Gasteiger partial charge is 0.160 e. The van der Waals surface area contributed by atoms with Crippen LogP contribution in [-0.4, -0.2) is 16.6 Å². The average Bonchev–Trinajstić information content (AvgIpc) is 2.39. The molecule has 0 saturated heterocycles.